The first kappa shape index (κ1) is 22.6. The van der Waals surface area contributed by atoms with Crippen molar-refractivity contribution in [3.8, 4) is 5.75 Å². The molecule has 31 heavy (non-hydrogen) atoms. The largest absolute Gasteiger partial charge is 0.492 e. The lowest BCUT2D eigenvalue weighted by Gasteiger charge is -2.07. The Balaban J connectivity index is 1.38. The SMILES string of the molecule is CC(=O)Nc1cccc(Nc2nnc(SCC(=O)NCCOc3cccc(C)c3)s2)c1. The minimum atomic E-state index is -0.133. The van der Waals surface area contributed by atoms with Crippen LogP contribution in [-0.2, 0) is 9.59 Å². The van der Waals surface area contributed by atoms with Crippen LogP contribution in [0.5, 0.6) is 5.75 Å². The van der Waals surface area contributed by atoms with Crippen molar-refractivity contribution < 1.29 is 14.3 Å². The normalized spacial score (nSPS) is 10.4. The van der Waals surface area contributed by atoms with Gasteiger partial charge in [-0.2, -0.15) is 0 Å². The maximum absolute atomic E-state index is 12.0. The highest BCUT2D eigenvalue weighted by Gasteiger charge is 2.09. The van der Waals surface area contributed by atoms with E-state index in [0.29, 0.717) is 28.3 Å². The number of thioether (sulfide) groups is 1. The Morgan fingerprint density at radius 1 is 1.10 bits per heavy atom. The zero-order valence-electron chi connectivity index (χ0n) is 17.2. The van der Waals surface area contributed by atoms with E-state index in [9.17, 15) is 9.59 Å². The maximum Gasteiger partial charge on any atom is 0.230 e. The Bertz CT molecular complexity index is 1040. The number of anilines is 3. The van der Waals surface area contributed by atoms with E-state index in [1.54, 1.807) is 6.07 Å². The quantitative estimate of drug-likeness (QED) is 0.314. The van der Waals surface area contributed by atoms with E-state index >= 15 is 0 Å². The summed E-state index contributed by atoms with van der Waals surface area (Å²) in [5, 5.41) is 17.5. The Labute approximate surface area is 188 Å². The lowest BCUT2D eigenvalue weighted by molar-refractivity contribution is -0.118. The predicted molar refractivity (Wildman–Crippen MR) is 124 cm³/mol. The van der Waals surface area contributed by atoms with Crippen LogP contribution in [-0.4, -0.2) is 40.9 Å². The van der Waals surface area contributed by atoms with E-state index in [4.69, 9.17) is 4.74 Å². The van der Waals surface area contributed by atoms with Crippen LogP contribution in [0, 0.1) is 6.92 Å². The van der Waals surface area contributed by atoms with Crippen LogP contribution in [0.1, 0.15) is 12.5 Å². The number of hydrogen-bond acceptors (Lipinski definition) is 8. The lowest BCUT2D eigenvalue weighted by Crippen LogP contribution is -2.29. The third-order valence-electron chi connectivity index (χ3n) is 3.85. The molecule has 1 aromatic heterocycles. The number of aryl methyl sites for hydroxylation is 1. The van der Waals surface area contributed by atoms with Gasteiger partial charge >= 0.3 is 0 Å². The molecule has 0 atom stereocenters. The highest BCUT2D eigenvalue weighted by atomic mass is 32.2. The fourth-order valence-electron chi connectivity index (χ4n) is 2.56. The minimum absolute atomic E-state index is 0.0921. The van der Waals surface area contributed by atoms with E-state index in [-0.39, 0.29) is 17.6 Å². The Kier molecular flexibility index (Phi) is 8.25. The second-order valence-electron chi connectivity index (χ2n) is 6.56. The monoisotopic (exact) mass is 457 g/mol. The molecule has 0 aliphatic carbocycles. The highest BCUT2D eigenvalue weighted by molar-refractivity contribution is 8.01. The standard InChI is InChI=1S/C21H23N5O3S2/c1-14-5-3-8-18(11-14)29-10-9-22-19(28)13-30-21-26-25-20(31-21)24-17-7-4-6-16(12-17)23-15(2)27/h3-8,11-12H,9-10,13H2,1-2H3,(H,22,28)(H,23,27)(H,24,25). The first-order valence-corrected chi connectivity index (χ1v) is 11.4. The Morgan fingerprint density at radius 2 is 1.90 bits per heavy atom. The summed E-state index contributed by atoms with van der Waals surface area (Å²) >= 11 is 2.68. The average Bonchev–Trinajstić information content (AvgIpc) is 3.17. The molecule has 0 saturated carbocycles. The number of amides is 2. The van der Waals surface area contributed by atoms with Gasteiger partial charge in [0, 0.05) is 18.3 Å². The molecule has 0 fully saturated rings. The zero-order chi connectivity index (χ0) is 22.1. The van der Waals surface area contributed by atoms with E-state index in [1.807, 2.05) is 49.4 Å². The molecular formula is C21H23N5O3S2. The number of nitrogens with zero attached hydrogens (tertiary/aromatic N) is 2. The summed E-state index contributed by atoms with van der Waals surface area (Å²) in [7, 11) is 0. The topological polar surface area (TPSA) is 105 Å². The molecule has 2 amide bonds. The molecule has 0 spiro atoms. The van der Waals surface area contributed by atoms with E-state index in [1.165, 1.54) is 30.0 Å². The van der Waals surface area contributed by atoms with Crippen LogP contribution >= 0.6 is 23.1 Å². The zero-order valence-corrected chi connectivity index (χ0v) is 18.8. The number of ether oxygens (including phenoxy) is 1. The molecule has 0 aliphatic rings. The van der Waals surface area contributed by atoms with Crippen molar-refractivity contribution in [1.82, 2.24) is 15.5 Å². The third-order valence-corrected chi connectivity index (χ3v) is 5.82. The summed E-state index contributed by atoms with van der Waals surface area (Å²) in [4.78, 5) is 23.2. The van der Waals surface area contributed by atoms with Crippen molar-refractivity contribution >= 4 is 51.4 Å². The fraction of sp³-hybridized carbons (Fsp3) is 0.238. The lowest BCUT2D eigenvalue weighted by atomic mass is 10.2. The average molecular weight is 458 g/mol. The molecule has 3 rings (SSSR count). The van der Waals surface area contributed by atoms with Gasteiger partial charge in [-0.15, -0.1) is 10.2 Å². The summed E-state index contributed by atoms with van der Waals surface area (Å²) in [5.74, 6) is 0.814. The van der Waals surface area contributed by atoms with Gasteiger partial charge in [-0.3, -0.25) is 9.59 Å². The molecule has 0 saturated heterocycles. The summed E-state index contributed by atoms with van der Waals surface area (Å²) < 4.78 is 6.30. The van der Waals surface area contributed by atoms with Crippen molar-refractivity contribution in [1.29, 1.82) is 0 Å². The smallest absolute Gasteiger partial charge is 0.230 e. The van der Waals surface area contributed by atoms with Crippen molar-refractivity contribution in [2.75, 3.05) is 29.5 Å². The highest BCUT2D eigenvalue weighted by Crippen LogP contribution is 2.28. The van der Waals surface area contributed by atoms with E-state index in [2.05, 4.69) is 26.1 Å². The van der Waals surface area contributed by atoms with Gasteiger partial charge in [0.25, 0.3) is 0 Å². The molecule has 0 unspecified atom stereocenters. The number of rotatable bonds is 10. The molecule has 10 heteroatoms. The van der Waals surface area contributed by atoms with Crippen LogP contribution in [0.15, 0.2) is 52.9 Å². The van der Waals surface area contributed by atoms with Gasteiger partial charge in [0.2, 0.25) is 16.9 Å². The van der Waals surface area contributed by atoms with Gasteiger partial charge in [-0.1, -0.05) is 41.3 Å². The van der Waals surface area contributed by atoms with Crippen LogP contribution in [0.4, 0.5) is 16.5 Å². The Hall–Kier alpha value is -3.11. The number of hydrogen-bond donors (Lipinski definition) is 3. The minimum Gasteiger partial charge on any atom is -0.492 e. The molecule has 162 valence electrons. The fourth-order valence-corrected chi connectivity index (χ4v) is 4.16. The van der Waals surface area contributed by atoms with Crippen molar-refractivity contribution in [2.45, 2.75) is 18.2 Å². The molecule has 1 heterocycles. The van der Waals surface area contributed by atoms with Crippen LogP contribution in [0.25, 0.3) is 0 Å². The second kappa shape index (κ2) is 11.3. The van der Waals surface area contributed by atoms with Crippen molar-refractivity contribution in [3.63, 3.8) is 0 Å². The first-order valence-electron chi connectivity index (χ1n) is 9.55. The van der Waals surface area contributed by atoms with Crippen molar-refractivity contribution in [2.24, 2.45) is 0 Å². The molecule has 0 aliphatic heterocycles. The van der Waals surface area contributed by atoms with Gasteiger partial charge in [0.05, 0.1) is 12.3 Å². The number of benzene rings is 2. The number of nitrogens with one attached hydrogen (secondary N) is 3. The molecule has 2 aromatic carbocycles. The van der Waals surface area contributed by atoms with E-state index in [0.717, 1.165) is 17.0 Å². The van der Waals surface area contributed by atoms with Gasteiger partial charge in [-0.25, -0.2) is 0 Å². The molecule has 3 N–H and O–H groups in total. The number of carbonyl (C=O) groups excluding carboxylic acids is 2. The van der Waals surface area contributed by atoms with Gasteiger partial charge < -0.3 is 20.7 Å². The van der Waals surface area contributed by atoms with E-state index < -0.39 is 0 Å². The molecule has 3 aromatic rings. The van der Waals surface area contributed by atoms with Crippen LogP contribution < -0.4 is 20.7 Å². The third kappa shape index (κ3) is 7.91. The number of aromatic nitrogens is 2. The Morgan fingerprint density at radius 3 is 2.71 bits per heavy atom. The summed E-state index contributed by atoms with van der Waals surface area (Å²) in [6.07, 6.45) is 0. The summed E-state index contributed by atoms with van der Waals surface area (Å²) in [5.41, 5.74) is 2.61. The summed E-state index contributed by atoms with van der Waals surface area (Å²) in [6, 6.07) is 15.1. The van der Waals surface area contributed by atoms with Crippen LogP contribution in [0.2, 0.25) is 0 Å². The van der Waals surface area contributed by atoms with Crippen LogP contribution in [0.3, 0.4) is 0 Å². The second-order valence-corrected chi connectivity index (χ2v) is 8.76. The summed E-state index contributed by atoms with van der Waals surface area (Å²) in [6.45, 7) is 4.30. The molecular weight excluding hydrogens is 434 g/mol. The van der Waals surface area contributed by atoms with Gasteiger partial charge in [-0.05, 0) is 42.8 Å². The number of carbonyl (C=O) groups is 2. The van der Waals surface area contributed by atoms with Gasteiger partial charge in [0.1, 0.15) is 12.4 Å². The predicted octanol–water partition coefficient (Wildman–Crippen LogP) is 3.84. The van der Waals surface area contributed by atoms with Gasteiger partial charge in [0.15, 0.2) is 4.34 Å². The molecule has 0 radical (unpaired) electrons. The molecule has 0 bridgehead atoms. The first-order chi connectivity index (χ1) is 15.0. The van der Waals surface area contributed by atoms with Crippen molar-refractivity contribution in [3.05, 3.63) is 54.1 Å². The maximum atomic E-state index is 12.0. The molecule has 8 nitrogen and oxygen atoms in total.